The lowest BCUT2D eigenvalue weighted by atomic mass is 9.90. The van der Waals surface area contributed by atoms with E-state index in [0.717, 1.165) is 30.5 Å². The molecule has 106 valence electrons. The van der Waals surface area contributed by atoms with E-state index >= 15 is 0 Å². The minimum Gasteiger partial charge on any atom is -0.356 e. The summed E-state index contributed by atoms with van der Waals surface area (Å²) in [6.45, 7) is 11.2. The van der Waals surface area contributed by atoms with Crippen molar-refractivity contribution in [3.63, 3.8) is 0 Å². The van der Waals surface area contributed by atoms with Crippen molar-refractivity contribution in [1.29, 1.82) is 0 Å². The molecule has 1 aromatic heterocycles. The normalized spacial score (nSPS) is 20.7. The number of pyridine rings is 1. The van der Waals surface area contributed by atoms with Gasteiger partial charge in [0.05, 0.1) is 0 Å². The van der Waals surface area contributed by atoms with Crippen LogP contribution in [0.4, 0.5) is 5.82 Å². The Kier molecular flexibility index (Phi) is 4.39. The van der Waals surface area contributed by atoms with Gasteiger partial charge in [-0.3, -0.25) is 0 Å². The van der Waals surface area contributed by atoms with E-state index in [1.54, 1.807) is 0 Å². The quantitative estimate of drug-likeness (QED) is 0.749. The van der Waals surface area contributed by atoms with E-state index < -0.39 is 0 Å². The van der Waals surface area contributed by atoms with Gasteiger partial charge in [-0.15, -0.1) is 11.6 Å². The molecular weight excluding hydrogens is 256 g/mol. The number of piperidine rings is 1. The summed E-state index contributed by atoms with van der Waals surface area (Å²) in [6.07, 6.45) is 2.59. The second kappa shape index (κ2) is 5.70. The van der Waals surface area contributed by atoms with E-state index in [4.69, 9.17) is 16.6 Å². The third-order valence-corrected chi connectivity index (χ3v) is 4.08. The van der Waals surface area contributed by atoms with Gasteiger partial charge in [0.2, 0.25) is 0 Å². The molecule has 0 N–H and O–H groups in total. The number of hydrogen-bond donors (Lipinski definition) is 0. The molecule has 1 atom stereocenters. The average molecular weight is 281 g/mol. The molecule has 0 spiro atoms. The highest BCUT2D eigenvalue weighted by atomic mass is 35.5. The van der Waals surface area contributed by atoms with Crippen LogP contribution in [0, 0.1) is 5.92 Å². The monoisotopic (exact) mass is 280 g/mol. The lowest BCUT2D eigenvalue weighted by Gasteiger charge is -2.33. The first-order valence-electron chi connectivity index (χ1n) is 7.22. The molecule has 0 radical (unpaired) electrons. The number of halogens is 1. The first kappa shape index (κ1) is 14.6. The van der Waals surface area contributed by atoms with Crippen molar-refractivity contribution in [2.24, 2.45) is 5.92 Å². The second-order valence-corrected chi connectivity index (χ2v) is 7.06. The summed E-state index contributed by atoms with van der Waals surface area (Å²) in [6, 6.07) is 4.30. The second-order valence-electron chi connectivity index (χ2n) is 6.80. The summed E-state index contributed by atoms with van der Waals surface area (Å²) in [4.78, 5) is 7.29. The van der Waals surface area contributed by atoms with Crippen molar-refractivity contribution in [3.8, 4) is 0 Å². The Labute approximate surface area is 122 Å². The Bertz CT molecular complexity index is 437. The zero-order chi connectivity index (χ0) is 14.0. The molecule has 0 saturated carbocycles. The molecule has 0 amide bonds. The largest absolute Gasteiger partial charge is 0.356 e. The predicted octanol–water partition coefficient (Wildman–Crippen LogP) is 4.35. The van der Waals surface area contributed by atoms with Gasteiger partial charge in [0.1, 0.15) is 5.82 Å². The molecule has 0 bridgehead atoms. The number of alkyl halides is 1. The highest BCUT2D eigenvalue weighted by Crippen LogP contribution is 2.28. The van der Waals surface area contributed by atoms with Crippen LogP contribution in [0.15, 0.2) is 12.1 Å². The Balaban J connectivity index is 2.34. The predicted molar refractivity (Wildman–Crippen MR) is 83.1 cm³/mol. The van der Waals surface area contributed by atoms with Crippen molar-refractivity contribution in [3.05, 3.63) is 23.4 Å². The van der Waals surface area contributed by atoms with Gasteiger partial charge in [-0.05, 0) is 36.5 Å². The Morgan fingerprint density at radius 1 is 1.37 bits per heavy atom. The summed E-state index contributed by atoms with van der Waals surface area (Å²) in [5, 5.41) is 0. The van der Waals surface area contributed by atoms with E-state index in [1.165, 1.54) is 18.4 Å². The number of rotatable bonds is 2. The molecule has 1 aliphatic heterocycles. The van der Waals surface area contributed by atoms with Crippen molar-refractivity contribution < 1.29 is 0 Å². The van der Waals surface area contributed by atoms with E-state index in [0.29, 0.717) is 5.88 Å². The van der Waals surface area contributed by atoms with Crippen LogP contribution < -0.4 is 4.90 Å². The Hall–Kier alpha value is -0.760. The summed E-state index contributed by atoms with van der Waals surface area (Å²) < 4.78 is 0. The van der Waals surface area contributed by atoms with E-state index in [2.05, 4.69) is 44.7 Å². The molecule has 1 saturated heterocycles. The SMILES string of the molecule is CC1CCCN(c2cc(CCl)cc(C(C)(C)C)n2)C1. The van der Waals surface area contributed by atoms with Crippen LogP contribution in [0.5, 0.6) is 0 Å². The van der Waals surface area contributed by atoms with Crippen LogP contribution in [-0.2, 0) is 11.3 Å². The van der Waals surface area contributed by atoms with Crippen LogP contribution >= 0.6 is 11.6 Å². The maximum absolute atomic E-state index is 6.04. The average Bonchev–Trinajstić information content (AvgIpc) is 2.37. The van der Waals surface area contributed by atoms with Gasteiger partial charge >= 0.3 is 0 Å². The van der Waals surface area contributed by atoms with E-state index in [1.807, 2.05) is 0 Å². The van der Waals surface area contributed by atoms with Crippen LogP contribution in [-0.4, -0.2) is 18.1 Å². The van der Waals surface area contributed by atoms with Crippen LogP contribution in [0.25, 0.3) is 0 Å². The lowest BCUT2D eigenvalue weighted by molar-refractivity contribution is 0.443. The lowest BCUT2D eigenvalue weighted by Crippen LogP contribution is -2.35. The van der Waals surface area contributed by atoms with Gasteiger partial charge in [-0.2, -0.15) is 0 Å². The summed E-state index contributed by atoms with van der Waals surface area (Å²) in [5.74, 6) is 2.42. The summed E-state index contributed by atoms with van der Waals surface area (Å²) in [7, 11) is 0. The van der Waals surface area contributed by atoms with Crippen molar-refractivity contribution in [2.45, 2.75) is 51.8 Å². The van der Waals surface area contributed by atoms with Gasteiger partial charge in [0.15, 0.2) is 0 Å². The minimum atomic E-state index is 0.0677. The molecule has 1 unspecified atom stereocenters. The maximum atomic E-state index is 6.04. The molecule has 2 nitrogen and oxygen atoms in total. The molecule has 1 aliphatic rings. The zero-order valence-corrected chi connectivity index (χ0v) is 13.3. The summed E-state index contributed by atoms with van der Waals surface area (Å²) >= 11 is 6.04. The fourth-order valence-corrected chi connectivity index (χ4v) is 2.75. The molecule has 1 fully saturated rings. The first-order chi connectivity index (χ1) is 8.90. The molecule has 3 heteroatoms. The molecule has 2 heterocycles. The number of nitrogens with zero attached hydrogens (tertiary/aromatic N) is 2. The van der Waals surface area contributed by atoms with Gasteiger partial charge in [0, 0.05) is 30.1 Å². The fourth-order valence-electron chi connectivity index (χ4n) is 2.59. The minimum absolute atomic E-state index is 0.0677. The molecule has 0 aliphatic carbocycles. The Morgan fingerprint density at radius 2 is 2.11 bits per heavy atom. The topological polar surface area (TPSA) is 16.1 Å². The smallest absolute Gasteiger partial charge is 0.129 e. The van der Waals surface area contributed by atoms with E-state index in [-0.39, 0.29) is 5.41 Å². The molecule has 2 rings (SSSR count). The van der Waals surface area contributed by atoms with Crippen molar-refractivity contribution >= 4 is 17.4 Å². The standard InChI is InChI=1S/C16H25ClN2/c1-12-6-5-7-19(11-12)15-9-13(10-17)8-14(18-15)16(2,3)4/h8-9,12H,5-7,10-11H2,1-4H3. The third kappa shape index (κ3) is 3.62. The number of hydrogen-bond acceptors (Lipinski definition) is 2. The molecule has 19 heavy (non-hydrogen) atoms. The van der Waals surface area contributed by atoms with Gasteiger partial charge in [-0.1, -0.05) is 27.7 Å². The van der Waals surface area contributed by atoms with Gasteiger partial charge in [-0.25, -0.2) is 4.98 Å². The van der Waals surface area contributed by atoms with Crippen LogP contribution in [0.2, 0.25) is 0 Å². The molecule has 1 aromatic rings. The highest BCUT2D eigenvalue weighted by Gasteiger charge is 2.21. The van der Waals surface area contributed by atoms with Gasteiger partial charge < -0.3 is 4.90 Å². The Morgan fingerprint density at radius 3 is 2.68 bits per heavy atom. The molecular formula is C16H25ClN2. The first-order valence-corrected chi connectivity index (χ1v) is 7.76. The van der Waals surface area contributed by atoms with Crippen LogP contribution in [0.1, 0.15) is 51.8 Å². The third-order valence-electron chi connectivity index (χ3n) is 3.78. The maximum Gasteiger partial charge on any atom is 0.129 e. The zero-order valence-electron chi connectivity index (χ0n) is 12.5. The van der Waals surface area contributed by atoms with Crippen molar-refractivity contribution in [1.82, 2.24) is 4.98 Å². The van der Waals surface area contributed by atoms with E-state index in [9.17, 15) is 0 Å². The van der Waals surface area contributed by atoms with Gasteiger partial charge in [0.25, 0.3) is 0 Å². The van der Waals surface area contributed by atoms with Crippen molar-refractivity contribution in [2.75, 3.05) is 18.0 Å². The fraction of sp³-hybridized carbons (Fsp3) is 0.688. The molecule has 0 aromatic carbocycles. The van der Waals surface area contributed by atoms with Crippen LogP contribution in [0.3, 0.4) is 0 Å². The number of aromatic nitrogens is 1. The highest BCUT2D eigenvalue weighted by molar-refractivity contribution is 6.17. The summed E-state index contributed by atoms with van der Waals surface area (Å²) in [5.41, 5.74) is 2.38. The number of anilines is 1.